The predicted molar refractivity (Wildman–Crippen MR) is 56.1 cm³/mol. The van der Waals surface area contributed by atoms with Crippen LogP contribution in [-0.2, 0) is 0 Å². The van der Waals surface area contributed by atoms with Crippen LogP contribution in [-0.4, -0.2) is 29.1 Å². The topological polar surface area (TPSA) is 55.0 Å². The monoisotopic (exact) mass is 192 g/mol. The Morgan fingerprint density at radius 3 is 2.86 bits per heavy atom. The molecule has 0 aliphatic heterocycles. The van der Waals surface area contributed by atoms with Crippen molar-refractivity contribution in [2.75, 3.05) is 18.0 Å². The van der Waals surface area contributed by atoms with E-state index in [9.17, 15) is 0 Å². The van der Waals surface area contributed by atoms with Crippen LogP contribution in [0.4, 0.5) is 5.82 Å². The maximum atomic E-state index is 5.60. The minimum absolute atomic E-state index is 0.647. The number of hydrogen-bond donors (Lipinski definition) is 1. The largest absolute Gasteiger partial charge is 0.352 e. The van der Waals surface area contributed by atoms with Crippen LogP contribution in [0.2, 0.25) is 0 Å². The Bertz CT molecular complexity index is 271. The van der Waals surface area contributed by atoms with Gasteiger partial charge in [-0.3, -0.25) is 0 Å². The van der Waals surface area contributed by atoms with Crippen LogP contribution in [0, 0.1) is 0 Å². The molecule has 0 bridgehead atoms. The van der Waals surface area contributed by atoms with Crippen LogP contribution >= 0.6 is 0 Å². The Hall–Kier alpha value is -1.16. The van der Waals surface area contributed by atoms with Crippen molar-refractivity contribution in [1.29, 1.82) is 0 Å². The minimum atomic E-state index is 0.647. The molecule has 0 amide bonds. The molecule has 2 rings (SSSR count). The lowest BCUT2D eigenvalue weighted by Crippen LogP contribution is -2.43. The second-order valence-corrected chi connectivity index (χ2v) is 3.63. The van der Waals surface area contributed by atoms with Crippen LogP contribution in [0.3, 0.4) is 0 Å². The summed E-state index contributed by atoms with van der Waals surface area (Å²) in [6.45, 7) is 1.57. The number of aromatic nitrogens is 2. The fraction of sp³-hybridized carbons (Fsp3) is 0.600. The molecule has 0 unspecified atom stereocenters. The fourth-order valence-corrected chi connectivity index (χ4v) is 1.78. The third-order valence-electron chi connectivity index (χ3n) is 2.75. The van der Waals surface area contributed by atoms with Gasteiger partial charge in [0.15, 0.2) is 0 Å². The Kier molecular flexibility index (Phi) is 2.93. The number of hydrogen-bond acceptors (Lipinski definition) is 4. The normalized spacial score (nSPS) is 16.4. The molecular weight excluding hydrogens is 176 g/mol. The van der Waals surface area contributed by atoms with Crippen molar-refractivity contribution in [2.45, 2.75) is 25.3 Å². The fourth-order valence-electron chi connectivity index (χ4n) is 1.78. The molecule has 0 radical (unpaired) electrons. The van der Waals surface area contributed by atoms with Gasteiger partial charge in [-0.15, -0.1) is 0 Å². The van der Waals surface area contributed by atoms with Gasteiger partial charge in [0, 0.05) is 25.3 Å². The first-order chi connectivity index (χ1) is 6.92. The van der Waals surface area contributed by atoms with Gasteiger partial charge in [0.25, 0.3) is 0 Å². The molecule has 0 saturated heterocycles. The smallest absolute Gasteiger partial charge is 0.132 e. The van der Waals surface area contributed by atoms with Crippen molar-refractivity contribution in [3.8, 4) is 0 Å². The first kappa shape index (κ1) is 9.40. The summed E-state index contributed by atoms with van der Waals surface area (Å²) in [4.78, 5) is 10.5. The van der Waals surface area contributed by atoms with Crippen LogP contribution in [0.1, 0.15) is 19.3 Å². The molecule has 0 aromatic carbocycles. The number of rotatable bonds is 4. The Morgan fingerprint density at radius 1 is 1.50 bits per heavy atom. The molecule has 1 fully saturated rings. The quantitative estimate of drug-likeness (QED) is 0.766. The zero-order chi connectivity index (χ0) is 9.80. The third-order valence-corrected chi connectivity index (χ3v) is 2.75. The standard InChI is InChI=1S/C10H16N4/c11-5-7-14(9-2-1-3-9)10-4-6-12-8-13-10/h4,6,8-9H,1-3,5,7,11H2. The van der Waals surface area contributed by atoms with Crippen LogP contribution in [0.5, 0.6) is 0 Å². The van der Waals surface area contributed by atoms with E-state index in [1.54, 1.807) is 12.5 Å². The molecule has 76 valence electrons. The van der Waals surface area contributed by atoms with Gasteiger partial charge in [0.1, 0.15) is 12.1 Å². The van der Waals surface area contributed by atoms with E-state index in [0.29, 0.717) is 12.6 Å². The van der Waals surface area contributed by atoms with E-state index >= 15 is 0 Å². The molecular formula is C10H16N4. The van der Waals surface area contributed by atoms with Crippen LogP contribution in [0.25, 0.3) is 0 Å². The van der Waals surface area contributed by atoms with Gasteiger partial charge in [-0.25, -0.2) is 9.97 Å². The van der Waals surface area contributed by atoms with Gasteiger partial charge in [0.2, 0.25) is 0 Å². The van der Waals surface area contributed by atoms with E-state index in [1.165, 1.54) is 19.3 Å². The molecule has 0 spiro atoms. The van der Waals surface area contributed by atoms with Crippen molar-refractivity contribution >= 4 is 5.82 Å². The molecule has 1 aromatic heterocycles. The molecule has 4 nitrogen and oxygen atoms in total. The zero-order valence-corrected chi connectivity index (χ0v) is 8.26. The van der Waals surface area contributed by atoms with Crippen LogP contribution in [0.15, 0.2) is 18.6 Å². The molecule has 1 saturated carbocycles. The van der Waals surface area contributed by atoms with E-state index in [1.807, 2.05) is 6.07 Å². The average Bonchev–Trinajstić information content (AvgIpc) is 2.16. The van der Waals surface area contributed by atoms with Crippen molar-refractivity contribution in [2.24, 2.45) is 5.73 Å². The Morgan fingerprint density at radius 2 is 2.36 bits per heavy atom. The summed E-state index contributed by atoms with van der Waals surface area (Å²) in [7, 11) is 0. The number of nitrogens with zero attached hydrogens (tertiary/aromatic N) is 3. The first-order valence-electron chi connectivity index (χ1n) is 5.14. The van der Waals surface area contributed by atoms with Gasteiger partial charge in [0.05, 0.1) is 0 Å². The summed E-state index contributed by atoms with van der Waals surface area (Å²) in [5.74, 6) is 1.01. The van der Waals surface area contributed by atoms with E-state index in [-0.39, 0.29) is 0 Å². The summed E-state index contributed by atoms with van der Waals surface area (Å²) in [6, 6.07) is 2.60. The lowest BCUT2D eigenvalue weighted by Gasteiger charge is -2.38. The first-order valence-corrected chi connectivity index (χ1v) is 5.14. The summed E-state index contributed by atoms with van der Waals surface area (Å²) in [5.41, 5.74) is 5.60. The predicted octanol–water partition coefficient (Wildman–Crippen LogP) is 0.794. The Labute approximate surface area is 84.2 Å². The van der Waals surface area contributed by atoms with E-state index < -0.39 is 0 Å². The highest BCUT2D eigenvalue weighted by Gasteiger charge is 2.25. The summed E-state index contributed by atoms with van der Waals surface area (Å²) in [5, 5.41) is 0. The van der Waals surface area contributed by atoms with Crippen LogP contribution < -0.4 is 10.6 Å². The maximum absolute atomic E-state index is 5.60. The highest BCUT2D eigenvalue weighted by molar-refractivity contribution is 5.38. The summed E-state index contributed by atoms with van der Waals surface area (Å²) >= 11 is 0. The molecule has 1 heterocycles. The van der Waals surface area contributed by atoms with Crippen molar-refractivity contribution in [3.05, 3.63) is 18.6 Å². The van der Waals surface area contributed by atoms with Crippen molar-refractivity contribution < 1.29 is 0 Å². The molecule has 1 aliphatic carbocycles. The van der Waals surface area contributed by atoms with Gasteiger partial charge in [-0.2, -0.15) is 0 Å². The van der Waals surface area contributed by atoms with Gasteiger partial charge in [-0.05, 0) is 25.3 Å². The van der Waals surface area contributed by atoms with Gasteiger partial charge < -0.3 is 10.6 Å². The van der Waals surface area contributed by atoms with E-state index in [0.717, 1.165) is 12.4 Å². The summed E-state index contributed by atoms with van der Waals surface area (Å²) in [6.07, 6.45) is 7.24. The molecule has 4 heteroatoms. The number of anilines is 1. The zero-order valence-electron chi connectivity index (χ0n) is 8.26. The maximum Gasteiger partial charge on any atom is 0.132 e. The molecule has 1 aliphatic rings. The van der Waals surface area contributed by atoms with Crippen molar-refractivity contribution in [1.82, 2.24) is 9.97 Å². The van der Waals surface area contributed by atoms with Gasteiger partial charge >= 0.3 is 0 Å². The molecule has 0 atom stereocenters. The SMILES string of the molecule is NCCN(c1ccncn1)C1CCC1. The highest BCUT2D eigenvalue weighted by atomic mass is 15.2. The molecule has 14 heavy (non-hydrogen) atoms. The van der Waals surface area contributed by atoms with Crippen molar-refractivity contribution in [3.63, 3.8) is 0 Å². The number of nitrogens with two attached hydrogens (primary N) is 1. The second kappa shape index (κ2) is 4.37. The summed E-state index contributed by atoms with van der Waals surface area (Å²) < 4.78 is 0. The second-order valence-electron chi connectivity index (χ2n) is 3.63. The third kappa shape index (κ3) is 1.85. The highest BCUT2D eigenvalue weighted by Crippen LogP contribution is 2.27. The lowest BCUT2D eigenvalue weighted by atomic mass is 9.91. The average molecular weight is 192 g/mol. The van der Waals surface area contributed by atoms with E-state index in [4.69, 9.17) is 5.73 Å². The lowest BCUT2D eigenvalue weighted by molar-refractivity contribution is 0.386. The molecule has 2 N–H and O–H groups in total. The minimum Gasteiger partial charge on any atom is -0.352 e. The van der Waals surface area contributed by atoms with Gasteiger partial charge in [-0.1, -0.05) is 0 Å². The Balaban J connectivity index is 2.09. The molecule has 1 aromatic rings. The van der Waals surface area contributed by atoms with E-state index in [2.05, 4.69) is 14.9 Å².